The molecule has 1 aromatic carbocycles. The number of rotatable bonds is 3. The van der Waals surface area contributed by atoms with Crippen molar-refractivity contribution in [3.63, 3.8) is 0 Å². The lowest BCUT2D eigenvalue weighted by Crippen LogP contribution is -1.99. The molecular formula is C13H13N3S. The van der Waals surface area contributed by atoms with Crippen LogP contribution in [0.15, 0.2) is 36.1 Å². The van der Waals surface area contributed by atoms with Crippen LogP contribution >= 0.6 is 11.3 Å². The lowest BCUT2D eigenvalue weighted by Gasteiger charge is -2.03. The highest BCUT2D eigenvalue weighted by atomic mass is 32.1. The van der Waals surface area contributed by atoms with E-state index in [1.165, 1.54) is 10.4 Å². The minimum atomic E-state index is 0.962. The van der Waals surface area contributed by atoms with E-state index in [4.69, 9.17) is 0 Å². The number of imidazole rings is 1. The molecule has 0 bridgehead atoms. The van der Waals surface area contributed by atoms with Crippen LogP contribution in [0.1, 0.15) is 10.6 Å². The van der Waals surface area contributed by atoms with Crippen LogP contribution in [0.4, 0.5) is 0 Å². The maximum absolute atomic E-state index is 4.39. The van der Waals surface area contributed by atoms with Crippen LogP contribution in [0.2, 0.25) is 0 Å². The second-order valence-corrected chi connectivity index (χ2v) is 4.98. The minimum Gasteiger partial charge on any atom is -0.330 e. The van der Waals surface area contributed by atoms with Gasteiger partial charge in [-0.25, -0.2) is 9.97 Å². The topological polar surface area (TPSA) is 30.7 Å². The van der Waals surface area contributed by atoms with E-state index in [0.29, 0.717) is 0 Å². The first kappa shape index (κ1) is 10.5. The highest BCUT2D eigenvalue weighted by molar-refractivity contribution is 7.09. The number of para-hydroxylation sites is 2. The molecule has 0 saturated carbocycles. The maximum atomic E-state index is 4.39. The number of aromatic nitrogens is 3. The molecule has 0 aliphatic rings. The van der Waals surface area contributed by atoms with Crippen LogP contribution in [-0.2, 0) is 13.0 Å². The molecule has 2 aromatic heterocycles. The Balaban J connectivity index is 1.84. The van der Waals surface area contributed by atoms with Gasteiger partial charge in [0, 0.05) is 17.8 Å². The maximum Gasteiger partial charge on any atom is 0.0958 e. The van der Waals surface area contributed by atoms with Gasteiger partial charge in [-0.15, -0.1) is 11.3 Å². The van der Waals surface area contributed by atoms with Crippen LogP contribution in [0.3, 0.4) is 0 Å². The van der Waals surface area contributed by atoms with Crippen molar-refractivity contribution in [2.24, 2.45) is 0 Å². The lowest BCUT2D eigenvalue weighted by atomic mass is 10.3. The molecule has 0 amide bonds. The number of hydrogen-bond donors (Lipinski definition) is 0. The first-order valence-electron chi connectivity index (χ1n) is 5.63. The van der Waals surface area contributed by atoms with Crippen molar-refractivity contribution in [3.8, 4) is 0 Å². The third kappa shape index (κ3) is 1.96. The molecule has 3 rings (SSSR count). The largest absolute Gasteiger partial charge is 0.330 e. The zero-order chi connectivity index (χ0) is 11.7. The van der Waals surface area contributed by atoms with Crippen molar-refractivity contribution >= 4 is 22.4 Å². The standard InChI is InChI=1S/C13H13N3S/c1-10-13(17-9-15-10)6-7-16-8-14-11-4-2-3-5-12(11)16/h2-5,8-9H,6-7H2,1H3. The summed E-state index contributed by atoms with van der Waals surface area (Å²) in [6.45, 7) is 3.03. The number of hydrogen-bond acceptors (Lipinski definition) is 3. The van der Waals surface area contributed by atoms with Crippen molar-refractivity contribution < 1.29 is 0 Å². The lowest BCUT2D eigenvalue weighted by molar-refractivity contribution is 0.719. The fourth-order valence-electron chi connectivity index (χ4n) is 1.98. The zero-order valence-corrected chi connectivity index (χ0v) is 10.4. The molecule has 4 heteroatoms. The summed E-state index contributed by atoms with van der Waals surface area (Å²) in [7, 11) is 0. The molecule has 0 spiro atoms. The first-order chi connectivity index (χ1) is 8.34. The monoisotopic (exact) mass is 243 g/mol. The molecular weight excluding hydrogens is 230 g/mol. The van der Waals surface area contributed by atoms with E-state index >= 15 is 0 Å². The molecule has 0 N–H and O–H groups in total. The Morgan fingerprint density at radius 2 is 2.12 bits per heavy atom. The van der Waals surface area contributed by atoms with E-state index in [0.717, 1.165) is 24.2 Å². The molecule has 17 heavy (non-hydrogen) atoms. The van der Waals surface area contributed by atoms with Gasteiger partial charge in [-0.2, -0.15) is 0 Å². The van der Waals surface area contributed by atoms with Crippen molar-refractivity contribution in [1.29, 1.82) is 0 Å². The summed E-state index contributed by atoms with van der Waals surface area (Å²) in [6.07, 6.45) is 2.94. The van der Waals surface area contributed by atoms with Gasteiger partial charge in [0.05, 0.1) is 28.6 Å². The number of aryl methyl sites for hydroxylation is 3. The molecule has 0 atom stereocenters. The van der Waals surface area contributed by atoms with Crippen LogP contribution < -0.4 is 0 Å². The van der Waals surface area contributed by atoms with E-state index in [-0.39, 0.29) is 0 Å². The van der Waals surface area contributed by atoms with Gasteiger partial charge in [-0.1, -0.05) is 12.1 Å². The van der Waals surface area contributed by atoms with E-state index < -0.39 is 0 Å². The highest BCUT2D eigenvalue weighted by Gasteiger charge is 2.04. The van der Waals surface area contributed by atoms with Gasteiger partial charge in [0.2, 0.25) is 0 Å². The molecule has 0 aliphatic carbocycles. The molecule has 86 valence electrons. The molecule has 0 radical (unpaired) electrons. The number of thiazole rings is 1. The Kier molecular flexibility index (Phi) is 2.65. The fraction of sp³-hybridized carbons (Fsp3) is 0.231. The average molecular weight is 243 g/mol. The predicted molar refractivity (Wildman–Crippen MR) is 70.3 cm³/mol. The normalized spacial score (nSPS) is 11.1. The highest BCUT2D eigenvalue weighted by Crippen LogP contribution is 2.16. The van der Waals surface area contributed by atoms with Gasteiger partial charge in [0.15, 0.2) is 0 Å². The van der Waals surface area contributed by atoms with Crippen LogP contribution in [0.25, 0.3) is 11.0 Å². The van der Waals surface area contributed by atoms with Crippen molar-refractivity contribution in [2.75, 3.05) is 0 Å². The van der Waals surface area contributed by atoms with E-state index in [9.17, 15) is 0 Å². The van der Waals surface area contributed by atoms with Gasteiger partial charge in [0.25, 0.3) is 0 Å². The summed E-state index contributed by atoms with van der Waals surface area (Å²) in [5, 5.41) is 0. The number of nitrogens with zero attached hydrogens (tertiary/aromatic N) is 3. The average Bonchev–Trinajstić information content (AvgIpc) is 2.93. The van der Waals surface area contributed by atoms with Crippen LogP contribution in [-0.4, -0.2) is 14.5 Å². The van der Waals surface area contributed by atoms with Gasteiger partial charge >= 0.3 is 0 Å². The van der Waals surface area contributed by atoms with Crippen molar-refractivity contribution in [1.82, 2.24) is 14.5 Å². The summed E-state index contributed by atoms with van der Waals surface area (Å²) >= 11 is 1.73. The molecule has 3 aromatic rings. The van der Waals surface area contributed by atoms with Crippen LogP contribution in [0.5, 0.6) is 0 Å². The van der Waals surface area contributed by atoms with Gasteiger partial charge in [0.1, 0.15) is 0 Å². The molecule has 0 fully saturated rings. The summed E-state index contributed by atoms with van der Waals surface area (Å²) in [5.74, 6) is 0. The Morgan fingerprint density at radius 1 is 1.24 bits per heavy atom. The van der Waals surface area contributed by atoms with Gasteiger partial charge < -0.3 is 4.57 Å². The zero-order valence-electron chi connectivity index (χ0n) is 9.63. The number of fused-ring (bicyclic) bond motifs is 1. The molecule has 2 heterocycles. The SMILES string of the molecule is Cc1ncsc1CCn1cnc2ccccc21. The van der Waals surface area contributed by atoms with Crippen LogP contribution in [0, 0.1) is 6.92 Å². The second kappa shape index (κ2) is 4.30. The van der Waals surface area contributed by atoms with Crippen molar-refractivity contribution in [3.05, 3.63) is 46.7 Å². The Labute approximate surface area is 104 Å². The third-order valence-electron chi connectivity index (χ3n) is 2.95. The Morgan fingerprint density at radius 3 is 2.94 bits per heavy atom. The van der Waals surface area contributed by atoms with Gasteiger partial charge in [-0.3, -0.25) is 0 Å². The van der Waals surface area contributed by atoms with E-state index in [1.54, 1.807) is 11.3 Å². The quantitative estimate of drug-likeness (QED) is 0.708. The molecule has 0 unspecified atom stereocenters. The van der Waals surface area contributed by atoms with Crippen molar-refractivity contribution in [2.45, 2.75) is 19.9 Å². The predicted octanol–water partition coefficient (Wildman–Crippen LogP) is 3.04. The fourth-order valence-corrected chi connectivity index (χ4v) is 2.75. The summed E-state index contributed by atoms with van der Waals surface area (Å²) in [5.41, 5.74) is 5.33. The Hall–Kier alpha value is -1.68. The smallest absolute Gasteiger partial charge is 0.0958 e. The summed E-state index contributed by atoms with van der Waals surface area (Å²) in [4.78, 5) is 10.0. The Bertz CT molecular complexity index is 639. The first-order valence-corrected chi connectivity index (χ1v) is 6.51. The van der Waals surface area contributed by atoms with E-state index in [2.05, 4.69) is 33.6 Å². The number of benzene rings is 1. The second-order valence-electron chi connectivity index (χ2n) is 4.04. The minimum absolute atomic E-state index is 0.962. The van der Waals surface area contributed by atoms with Gasteiger partial charge in [-0.05, 0) is 19.1 Å². The molecule has 3 nitrogen and oxygen atoms in total. The summed E-state index contributed by atoms with van der Waals surface area (Å²) < 4.78 is 2.20. The molecule has 0 aliphatic heterocycles. The van der Waals surface area contributed by atoms with E-state index in [1.807, 2.05) is 24.0 Å². The third-order valence-corrected chi connectivity index (χ3v) is 3.95. The molecule has 0 saturated heterocycles. The summed E-state index contributed by atoms with van der Waals surface area (Å²) in [6, 6.07) is 8.23.